The van der Waals surface area contributed by atoms with Crippen LogP contribution in [-0.4, -0.2) is 37.1 Å². The van der Waals surface area contributed by atoms with Crippen LogP contribution < -0.4 is 15.5 Å². The predicted octanol–water partition coefficient (Wildman–Crippen LogP) is 3.96. The molecule has 4 rings (SSSR count). The van der Waals surface area contributed by atoms with Crippen molar-refractivity contribution in [3.05, 3.63) is 53.3 Å². The summed E-state index contributed by atoms with van der Waals surface area (Å²) < 4.78 is 14.4. The topological polar surface area (TPSA) is 57.3 Å². The number of anilines is 2. The summed E-state index contributed by atoms with van der Waals surface area (Å²) >= 11 is 1.49. The van der Waals surface area contributed by atoms with Crippen LogP contribution in [0.15, 0.2) is 36.4 Å². The Balaban J connectivity index is 1.84. The highest BCUT2D eigenvalue weighted by Gasteiger charge is 2.23. The molecule has 0 aliphatic carbocycles. The average molecular weight is 399 g/mol. The maximum atomic E-state index is 13.4. The molecular weight excluding hydrogens is 375 g/mol. The first-order valence-corrected chi connectivity index (χ1v) is 10.3. The van der Waals surface area contributed by atoms with E-state index in [1.807, 2.05) is 12.1 Å². The summed E-state index contributed by atoms with van der Waals surface area (Å²) in [6.45, 7) is 7.27. The molecule has 7 heteroatoms. The van der Waals surface area contributed by atoms with Gasteiger partial charge in [-0.05, 0) is 29.3 Å². The van der Waals surface area contributed by atoms with Gasteiger partial charge in [0.25, 0.3) is 0 Å². The molecule has 2 heterocycles. The number of aromatic nitrogens is 1. The van der Waals surface area contributed by atoms with E-state index in [0.717, 1.165) is 47.6 Å². The van der Waals surface area contributed by atoms with Crippen molar-refractivity contribution in [1.82, 2.24) is 10.3 Å². The van der Waals surface area contributed by atoms with Gasteiger partial charge >= 0.3 is 0 Å². The normalized spacial score (nSPS) is 15.6. The van der Waals surface area contributed by atoms with Gasteiger partial charge in [-0.3, -0.25) is 4.79 Å². The number of nitrogens with zero attached hydrogens (tertiary/aromatic N) is 2. The lowest BCUT2D eigenvalue weighted by Crippen LogP contribution is -2.44. The number of hydrogen-bond acceptors (Lipinski definition) is 5. The Hall–Kier alpha value is -2.51. The zero-order valence-electron chi connectivity index (χ0n) is 16.0. The van der Waals surface area contributed by atoms with E-state index < -0.39 is 0 Å². The number of rotatable bonds is 4. The van der Waals surface area contributed by atoms with Gasteiger partial charge in [-0.2, -0.15) is 0 Å². The molecule has 2 N–H and O–H groups in total. The molecule has 1 aromatic heterocycles. The lowest BCUT2D eigenvalue weighted by molar-refractivity contribution is -0.114. The van der Waals surface area contributed by atoms with Crippen molar-refractivity contribution in [2.24, 2.45) is 0 Å². The summed E-state index contributed by atoms with van der Waals surface area (Å²) in [4.78, 5) is 18.6. The van der Waals surface area contributed by atoms with Gasteiger partial charge in [0, 0.05) is 39.0 Å². The van der Waals surface area contributed by atoms with Crippen molar-refractivity contribution in [2.45, 2.75) is 19.8 Å². The molecule has 1 unspecified atom stereocenters. The molecule has 3 aromatic rings. The minimum atomic E-state index is -0.229. The summed E-state index contributed by atoms with van der Waals surface area (Å²) in [6.07, 6.45) is 0. The first-order chi connectivity index (χ1) is 13.5. The highest BCUT2D eigenvalue weighted by molar-refractivity contribution is 7.22. The molecule has 0 bridgehead atoms. The molecule has 2 aromatic carbocycles. The highest BCUT2D eigenvalue weighted by Crippen LogP contribution is 2.40. The van der Waals surface area contributed by atoms with E-state index in [0.29, 0.717) is 5.13 Å². The Morgan fingerprint density at radius 1 is 1.21 bits per heavy atom. The summed E-state index contributed by atoms with van der Waals surface area (Å²) in [6, 6.07) is 10.9. The maximum Gasteiger partial charge on any atom is 0.223 e. The van der Waals surface area contributed by atoms with Gasteiger partial charge in [-0.1, -0.05) is 36.5 Å². The number of piperazine rings is 1. The van der Waals surface area contributed by atoms with Crippen molar-refractivity contribution < 1.29 is 9.18 Å². The predicted molar refractivity (Wildman–Crippen MR) is 113 cm³/mol. The van der Waals surface area contributed by atoms with E-state index >= 15 is 0 Å². The summed E-state index contributed by atoms with van der Waals surface area (Å²) in [7, 11) is 0. The molecule has 1 aliphatic heterocycles. The molecule has 28 heavy (non-hydrogen) atoms. The first kappa shape index (κ1) is 18.8. The third-order valence-electron chi connectivity index (χ3n) is 5.12. The Kier molecular flexibility index (Phi) is 5.28. The largest absolute Gasteiger partial charge is 0.367 e. The average Bonchev–Trinajstić information content (AvgIpc) is 3.09. The fourth-order valence-electron chi connectivity index (χ4n) is 3.70. The van der Waals surface area contributed by atoms with Crippen LogP contribution in [0.3, 0.4) is 0 Å². The van der Waals surface area contributed by atoms with Gasteiger partial charge in [0.2, 0.25) is 5.91 Å². The number of fused-ring (bicyclic) bond motifs is 1. The Morgan fingerprint density at radius 2 is 1.93 bits per heavy atom. The van der Waals surface area contributed by atoms with Crippen LogP contribution in [0.5, 0.6) is 0 Å². The summed E-state index contributed by atoms with van der Waals surface area (Å²) in [5.74, 6) is -0.253. The SMILES string of the molecule is CC(=O)Nc1nc2c(N3CCNCC3)c(C(C)c3ccc(F)cc3)ccc2s1. The number of thiazole rings is 1. The minimum Gasteiger partial charge on any atom is -0.367 e. The van der Waals surface area contributed by atoms with E-state index in [1.54, 1.807) is 0 Å². The van der Waals surface area contributed by atoms with Crippen molar-refractivity contribution in [2.75, 3.05) is 36.4 Å². The van der Waals surface area contributed by atoms with Crippen LogP contribution in [0.2, 0.25) is 0 Å². The van der Waals surface area contributed by atoms with E-state index in [4.69, 9.17) is 4.98 Å². The van der Waals surface area contributed by atoms with Gasteiger partial charge in [-0.25, -0.2) is 9.37 Å². The second-order valence-corrected chi connectivity index (χ2v) is 8.09. The molecule has 0 saturated carbocycles. The van der Waals surface area contributed by atoms with Crippen molar-refractivity contribution >= 4 is 38.3 Å². The maximum absolute atomic E-state index is 13.4. The molecule has 1 amide bonds. The van der Waals surface area contributed by atoms with Crippen LogP contribution in [0.4, 0.5) is 15.2 Å². The van der Waals surface area contributed by atoms with E-state index in [-0.39, 0.29) is 17.6 Å². The smallest absolute Gasteiger partial charge is 0.223 e. The Labute approximate surface area is 167 Å². The standard InChI is InChI=1S/C21H23FN4OS/c1-13(15-3-5-16(22)6-4-15)17-7-8-18-19(25-21(28-18)24-14(2)27)20(17)26-11-9-23-10-12-26/h3-8,13,23H,9-12H2,1-2H3,(H,24,25,27). The third-order valence-corrected chi connectivity index (χ3v) is 6.05. The van der Waals surface area contributed by atoms with Crippen molar-refractivity contribution in [1.29, 1.82) is 0 Å². The van der Waals surface area contributed by atoms with Crippen LogP contribution >= 0.6 is 11.3 Å². The zero-order valence-corrected chi connectivity index (χ0v) is 16.8. The number of halogens is 1. The molecular formula is C21H23FN4OS. The van der Waals surface area contributed by atoms with Crippen molar-refractivity contribution in [3.63, 3.8) is 0 Å². The van der Waals surface area contributed by atoms with Crippen LogP contribution in [-0.2, 0) is 4.79 Å². The molecule has 5 nitrogen and oxygen atoms in total. The molecule has 0 spiro atoms. The zero-order chi connectivity index (χ0) is 19.7. The highest BCUT2D eigenvalue weighted by atomic mass is 32.1. The molecule has 1 saturated heterocycles. The molecule has 146 valence electrons. The van der Waals surface area contributed by atoms with Gasteiger partial charge < -0.3 is 15.5 Å². The second-order valence-electron chi connectivity index (χ2n) is 7.06. The molecule has 1 atom stereocenters. The Bertz CT molecular complexity index is 996. The number of nitrogens with one attached hydrogen (secondary N) is 2. The fraction of sp³-hybridized carbons (Fsp3) is 0.333. The van der Waals surface area contributed by atoms with E-state index in [2.05, 4.69) is 34.6 Å². The lowest BCUT2D eigenvalue weighted by Gasteiger charge is -2.32. The van der Waals surface area contributed by atoms with E-state index in [9.17, 15) is 9.18 Å². The second kappa shape index (κ2) is 7.85. The van der Waals surface area contributed by atoms with Crippen LogP contribution in [0.1, 0.15) is 30.9 Å². The molecule has 0 radical (unpaired) electrons. The van der Waals surface area contributed by atoms with Gasteiger partial charge in [0.15, 0.2) is 5.13 Å². The third kappa shape index (κ3) is 3.72. The minimum absolute atomic E-state index is 0.0980. The number of amides is 1. The monoisotopic (exact) mass is 398 g/mol. The molecule has 1 aliphatic rings. The van der Waals surface area contributed by atoms with Crippen LogP contribution in [0, 0.1) is 5.82 Å². The number of carbonyl (C=O) groups is 1. The first-order valence-electron chi connectivity index (χ1n) is 9.45. The quantitative estimate of drug-likeness (QED) is 0.699. The Morgan fingerprint density at radius 3 is 2.61 bits per heavy atom. The number of benzene rings is 2. The molecule has 1 fully saturated rings. The summed E-state index contributed by atoms with van der Waals surface area (Å²) in [5.41, 5.74) is 4.26. The lowest BCUT2D eigenvalue weighted by atomic mass is 9.91. The van der Waals surface area contributed by atoms with Gasteiger partial charge in [0.05, 0.1) is 10.4 Å². The van der Waals surface area contributed by atoms with Crippen molar-refractivity contribution in [3.8, 4) is 0 Å². The van der Waals surface area contributed by atoms with Gasteiger partial charge in [0.1, 0.15) is 11.3 Å². The number of carbonyl (C=O) groups excluding carboxylic acids is 1. The van der Waals surface area contributed by atoms with Crippen LogP contribution in [0.25, 0.3) is 10.2 Å². The van der Waals surface area contributed by atoms with E-state index in [1.165, 1.54) is 36.0 Å². The number of hydrogen-bond donors (Lipinski definition) is 2. The van der Waals surface area contributed by atoms with Gasteiger partial charge in [-0.15, -0.1) is 0 Å². The summed E-state index contributed by atoms with van der Waals surface area (Å²) in [5, 5.41) is 6.82. The fourth-order valence-corrected chi connectivity index (χ4v) is 4.62.